The van der Waals surface area contributed by atoms with Crippen molar-refractivity contribution in [3.8, 4) is 0 Å². The molecular formula is C14H12N4O. The highest BCUT2D eigenvalue weighted by Gasteiger charge is 2.07. The van der Waals surface area contributed by atoms with Crippen molar-refractivity contribution in [1.29, 1.82) is 0 Å². The molecule has 94 valence electrons. The molecule has 3 rings (SSSR count). The molecule has 0 aliphatic heterocycles. The standard InChI is InChI=1S/C14H12N4O/c19-17-14(8-18-10-15-9-16-18)13-6-5-11-3-1-2-4-12(11)7-13/h1-7,9-10,19H,8H2. The summed E-state index contributed by atoms with van der Waals surface area (Å²) in [6.07, 6.45) is 3.04. The van der Waals surface area contributed by atoms with Crippen LogP contribution in [0, 0.1) is 0 Å². The topological polar surface area (TPSA) is 63.3 Å². The van der Waals surface area contributed by atoms with E-state index in [4.69, 9.17) is 0 Å². The largest absolute Gasteiger partial charge is 0.411 e. The van der Waals surface area contributed by atoms with Crippen LogP contribution in [0.3, 0.4) is 0 Å². The van der Waals surface area contributed by atoms with Gasteiger partial charge in [-0.15, -0.1) is 0 Å². The Labute approximate surface area is 109 Å². The summed E-state index contributed by atoms with van der Waals surface area (Å²) in [5.41, 5.74) is 1.42. The molecule has 0 saturated heterocycles. The number of nitrogens with zero attached hydrogens (tertiary/aromatic N) is 4. The molecule has 19 heavy (non-hydrogen) atoms. The van der Waals surface area contributed by atoms with E-state index in [0.717, 1.165) is 16.3 Å². The second-order valence-electron chi connectivity index (χ2n) is 4.20. The van der Waals surface area contributed by atoms with Gasteiger partial charge in [0.05, 0.1) is 6.54 Å². The van der Waals surface area contributed by atoms with Crippen LogP contribution in [0.2, 0.25) is 0 Å². The lowest BCUT2D eigenvalue weighted by Gasteiger charge is -2.06. The summed E-state index contributed by atoms with van der Waals surface area (Å²) in [5, 5.41) is 18.8. The molecule has 0 fully saturated rings. The molecule has 1 heterocycles. The predicted octanol–water partition coefficient (Wildman–Crippen LogP) is 2.31. The molecule has 0 unspecified atom stereocenters. The van der Waals surface area contributed by atoms with Gasteiger partial charge < -0.3 is 5.21 Å². The first-order valence-corrected chi connectivity index (χ1v) is 5.89. The van der Waals surface area contributed by atoms with Gasteiger partial charge in [-0.25, -0.2) is 9.67 Å². The van der Waals surface area contributed by atoms with E-state index in [1.54, 1.807) is 11.0 Å². The van der Waals surface area contributed by atoms with E-state index in [0.29, 0.717) is 12.3 Å². The molecule has 0 amide bonds. The van der Waals surface area contributed by atoms with Gasteiger partial charge in [0, 0.05) is 5.56 Å². The average molecular weight is 252 g/mol. The quantitative estimate of drug-likeness (QED) is 0.442. The first-order valence-electron chi connectivity index (χ1n) is 5.89. The van der Waals surface area contributed by atoms with Crippen molar-refractivity contribution in [3.05, 3.63) is 60.7 Å². The molecule has 1 N–H and O–H groups in total. The Balaban J connectivity index is 1.97. The van der Waals surface area contributed by atoms with E-state index in [2.05, 4.69) is 15.2 Å². The second-order valence-corrected chi connectivity index (χ2v) is 4.20. The number of aromatic nitrogens is 3. The van der Waals surface area contributed by atoms with Gasteiger partial charge in [-0.05, 0) is 16.8 Å². The molecule has 3 aromatic rings. The molecule has 0 bridgehead atoms. The molecular weight excluding hydrogens is 240 g/mol. The summed E-state index contributed by atoms with van der Waals surface area (Å²) in [5.74, 6) is 0. The van der Waals surface area contributed by atoms with Gasteiger partial charge in [-0.1, -0.05) is 41.6 Å². The number of hydrogen-bond acceptors (Lipinski definition) is 4. The van der Waals surface area contributed by atoms with Crippen LogP contribution >= 0.6 is 0 Å². The Kier molecular flexibility index (Phi) is 2.94. The maximum atomic E-state index is 9.18. The van der Waals surface area contributed by atoms with Crippen molar-refractivity contribution < 1.29 is 5.21 Å². The Bertz CT molecular complexity index is 719. The second kappa shape index (κ2) is 4.89. The van der Waals surface area contributed by atoms with Crippen molar-refractivity contribution in [3.63, 3.8) is 0 Å². The van der Waals surface area contributed by atoms with Gasteiger partial charge in [-0.3, -0.25) is 0 Å². The molecule has 0 aliphatic rings. The zero-order valence-corrected chi connectivity index (χ0v) is 10.1. The van der Waals surface area contributed by atoms with Gasteiger partial charge in [0.25, 0.3) is 0 Å². The lowest BCUT2D eigenvalue weighted by atomic mass is 10.0. The first kappa shape index (κ1) is 11.4. The summed E-state index contributed by atoms with van der Waals surface area (Å²) in [7, 11) is 0. The van der Waals surface area contributed by atoms with Crippen LogP contribution in [0.1, 0.15) is 5.56 Å². The molecule has 0 aliphatic carbocycles. The summed E-state index contributed by atoms with van der Waals surface area (Å²) in [6, 6.07) is 14.0. The minimum Gasteiger partial charge on any atom is -0.411 e. The molecule has 5 nitrogen and oxygen atoms in total. The molecule has 0 spiro atoms. The zero-order valence-electron chi connectivity index (χ0n) is 10.1. The summed E-state index contributed by atoms with van der Waals surface area (Å²) in [4.78, 5) is 3.87. The molecule has 1 aromatic heterocycles. The van der Waals surface area contributed by atoms with E-state index < -0.39 is 0 Å². The zero-order chi connectivity index (χ0) is 13.1. The highest BCUT2D eigenvalue weighted by molar-refractivity contribution is 6.02. The van der Waals surface area contributed by atoms with Crippen LogP contribution in [-0.2, 0) is 6.54 Å². The van der Waals surface area contributed by atoms with Crippen molar-refractivity contribution >= 4 is 16.5 Å². The lowest BCUT2D eigenvalue weighted by molar-refractivity contribution is 0.317. The fraction of sp³-hybridized carbons (Fsp3) is 0.0714. The third-order valence-corrected chi connectivity index (χ3v) is 2.98. The van der Waals surface area contributed by atoms with E-state index in [1.807, 2.05) is 42.5 Å². The van der Waals surface area contributed by atoms with Crippen LogP contribution in [0.5, 0.6) is 0 Å². The van der Waals surface area contributed by atoms with E-state index in [9.17, 15) is 5.21 Å². The highest BCUT2D eigenvalue weighted by atomic mass is 16.4. The van der Waals surface area contributed by atoms with Gasteiger partial charge in [0.2, 0.25) is 0 Å². The minimum atomic E-state index is 0.384. The maximum Gasteiger partial charge on any atom is 0.137 e. The highest BCUT2D eigenvalue weighted by Crippen LogP contribution is 2.16. The Hall–Kier alpha value is -2.69. The van der Waals surface area contributed by atoms with Crippen molar-refractivity contribution in [2.75, 3.05) is 0 Å². The summed E-state index contributed by atoms with van der Waals surface area (Å²) >= 11 is 0. The van der Waals surface area contributed by atoms with Crippen LogP contribution in [0.4, 0.5) is 0 Å². The lowest BCUT2D eigenvalue weighted by Crippen LogP contribution is -2.12. The molecule has 5 heteroatoms. The van der Waals surface area contributed by atoms with E-state index in [-0.39, 0.29) is 0 Å². The number of rotatable bonds is 3. The molecule has 2 aromatic carbocycles. The predicted molar refractivity (Wildman–Crippen MR) is 72.3 cm³/mol. The molecule has 0 radical (unpaired) electrons. The monoisotopic (exact) mass is 252 g/mol. The third kappa shape index (κ3) is 2.30. The van der Waals surface area contributed by atoms with Gasteiger partial charge >= 0.3 is 0 Å². The summed E-state index contributed by atoms with van der Waals surface area (Å²) in [6.45, 7) is 0.384. The van der Waals surface area contributed by atoms with E-state index in [1.165, 1.54) is 6.33 Å². The average Bonchev–Trinajstić information content (AvgIpc) is 2.97. The number of hydrogen-bond donors (Lipinski definition) is 1. The van der Waals surface area contributed by atoms with Crippen molar-refractivity contribution in [1.82, 2.24) is 14.8 Å². The molecule has 0 atom stereocenters. The van der Waals surface area contributed by atoms with Gasteiger partial charge in [0.15, 0.2) is 0 Å². The Morgan fingerprint density at radius 2 is 2.00 bits per heavy atom. The van der Waals surface area contributed by atoms with Crippen LogP contribution < -0.4 is 0 Å². The summed E-state index contributed by atoms with van der Waals surface area (Å²) < 4.78 is 1.62. The first-order chi connectivity index (χ1) is 9.36. The van der Waals surface area contributed by atoms with Crippen molar-refractivity contribution in [2.45, 2.75) is 6.54 Å². The maximum absolute atomic E-state index is 9.18. The molecule has 0 saturated carbocycles. The third-order valence-electron chi connectivity index (χ3n) is 2.98. The van der Waals surface area contributed by atoms with Crippen molar-refractivity contribution in [2.24, 2.45) is 5.16 Å². The minimum absolute atomic E-state index is 0.384. The van der Waals surface area contributed by atoms with E-state index >= 15 is 0 Å². The fourth-order valence-corrected chi connectivity index (χ4v) is 2.02. The van der Waals surface area contributed by atoms with Gasteiger partial charge in [-0.2, -0.15) is 5.10 Å². The smallest absolute Gasteiger partial charge is 0.137 e. The van der Waals surface area contributed by atoms with Crippen LogP contribution in [0.25, 0.3) is 10.8 Å². The number of oxime groups is 1. The normalized spacial score (nSPS) is 11.9. The fourth-order valence-electron chi connectivity index (χ4n) is 2.02. The number of benzene rings is 2. The van der Waals surface area contributed by atoms with Crippen LogP contribution in [-0.4, -0.2) is 25.7 Å². The Morgan fingerprint density at radius 1 is 1.16 bits per heavy atom. The van der Waals surface area contributed by atoms with Crippen LogP contribution in [0.15, 0.2) is 60.3 Å². The van der Waals surface area contributed by atoms with Gasteiger partial charge in [0.1, 0.15) is 18.4 Å². The number of fused-ring (bicyclic) bond motifs is 1. The Morgan fingerprint density at radius 3 is 2.74 bits per heavy atom. The SMILES string of the molecule is ON=C(Cn1cncn1)c1ccc2ccccc2c1.